The van der Waals surface area contributed by atoms with E-state index in [0.29, 0.717) is 17.9 Å². The Morgan fingerprint density at radius 3 is 3.28 bits per heavy atom. The lowest BCUT2D eigenvalue weighted by Gasteiger charge is -2.07. The maximum absolute atomic E-state index is 11.5. The molecular weight excluding hydrogens is 250 g/mol. The standard InChI is InChI=1S/C13H11NO3S/c1-16-13(15)9-6-10-11(14-7-9)12-8(2-4-17-10)3-5-18-12/h3,5-7H,2,4H2,1H3. The normalized spacial score (nSPS) is 12.9. The van der Waals surface area contributed by atoms with Crippen molar-refractivity contribution in [2.24, 2.45) is 0 Å². The van der Waals surface area contributed by atoms with Crippen LogP contribution in [0.1, 0.15) is 15.9 Å². The average Bonchev–Trinajstić information content (AvgIpc) is 2.79. The Bertz CT molecular complexity index is 606. The summed E-state index contributed by atoms with van der Waals surface area (Å²) in [6.45, 7) is 0.600. The summed E-state index contributed by atoms with van der Waals surface area (Å²) in [5, 5.41) is 2.05. The van der Waals surface area contributed by atoms with Crippen LogP contribution >= 0.6 is 11.3 Å². The number of nitrogens with zero attached hydrogens (tertiary/aromatic N) is 1. The van der Waals surface area contributed by atoms with E-state index in [-0.39, 0.29) is 0 Å². The van der Waals surface area contributed by atoms with Crippen LogP contribution in [-0.2, 0) is 11.2 Å². The van der Waals surface area contributed by atoms with E-state index >= 15 is 0 Å². The lowest BCUT2D eigenvalue weighted by Crippen LogP contribution is -2.04. The molecule has 0 N–H and O–H groups in total. The molecule has 3 heterocycles. The predicted octanol–water partition coefficient (Wildman–Crippen LogP) is 2.53. The van der Waals surface area contributed by atoms with Crippen LogP contribution in [0.4, 0.5) is 0 Å². The molecule has 0 atom stereocenters. The molecule has 18 heavy (non-hydrogen) atoms. The minimum Gasteiger partial charge on any atom is -0.491 e. The van der Waals surface area contributed by atoms with Crippen molar-refractivity contribution in [3.8, 4) is 16.3 Å². The third kappa shape index (κ3) is 1.76. The SMILES string of the molecule is COC(=O)c1cnc2c(c1)OCCc1ccsc1-2. The largest absolute Gasteiger partial charge is 0.491 e. The molecule has 0 aliphatic carbocycles. The van der Waals surface area contributed by atoms with Crippen molar-refractivity contribution < 1.29 is 14.3 Å². The van der Waals surface area contributed by atoms with Crippen LogP contribution in [0, 0.1) is 0 Å². The molecule has 2 aromatic heterocycles. The molecule has 0 spiro atoms. The van der Waals surface area contributed by atoms with Crippen molar-refractivity contribution in [3.63, 3.8) is 0 Å². The van der Waals surface area contributed by atoms with Crippen molar-refractivity contribution in [2.45, 2.75) is 6.42 Å². The van der Waals surface area contributed by atoms with Gasteiger partial charge in [0, 0.05) is 12.6 Å². The van der Waals surface area contributed by atoms with Gasteiger partial charge in [0.05, 0.1) is 24.2 Å². The molecule has 0 bridgehead atoms. The number of ether oxygens (including phenoxy) is 2. The Morgan fingerprint density at radius 2 is 2.44 bits per heavy atom. The van der Waals surface area contributed by atoms with E-state index in [1.165, 1.54) is 18.9 Å². The van der Waals surface area contributed by atoms with E-state index < -0.39 is 5.97 Å². The van der Waals surface area contributed by atoms with Crippen LogP contribution in [0.25, 0.3) is 10.6 Å². The van der Waals surface area contributed by atoms with Gasteiger partial charge in [0.2, 0.25) is 0 Å². The number of hydrogen-bond donors (Lipinski definition) is 0. The van der Waals surface area contributed by atoms with Gasteiger partial charge in [-0.15, -0.1) is 11.3 Å². The summed E-state index contributed by atoms with van der Waals surface area (Å²) in [5.74, 6) is 0.253. The number of pyridine rings is 1. The summed E-state index contributed by atoms with van der Waals surface area (Å²) in [5.41, 5.74) is 2.47. The van der Waals surface area contributed by atoms with Gasteiger partial charge in [0.25, 0.3) is 0 Å². The van der Waals surface area contributed by atoms with E-state index in [1.807, 2.05) is 0 Å². The molecule has 0 unspecified atom stereocenters. The highest BCUT2D eigenvalue weighted by atomic mass is 32.1. The Kier molecular flexibility index (Phi) is 2.76. The van der Waals surface area contributed by atoms with Crippen molar-refractivity contribution in [2.75, 3.05) is 13.7 Å². The number of thiophene rings is 1. The fourth-order valence-corrected chi connectivity index (χ4v) is 2.92. The number of rotatable bonds is 1. The topological polar surface area (TPSA) is 48.4 Å². The fourth-order valence-electron chi connectivity index (χ4n) is 1.97. The molecule has 0 saturated carbocycles. The van der Waals surface area contributed by atoms with Crippen LogP contribution in [0.5, 0.6) is 5.75 Å². The first-order chi connectivity index (χ1) is 8.79. The van der Waals surface area contributed by atoms with Crippen molar-refractivity contribution in [1.29, 1.82) is 0 Å². The van der Waals surface area contributed by atoms with Gasteiger partial charge in [-0.1, -0.05) is 0 Å². The molecule has 1 aliphatic heterocycles. The Labute approximate surface area is 108 Å². The van der Waals surface area contributed by atoms with Gasteiger partial charge in [-0.05, 0) is 23.1 Å². The van der Waals surface area contributed by atoms with Gasteiger partial charge in [-0.25, -0.2) is 4.79 Å². The van der Waals surface area contributed by atoms with E-state index in [4.69, 9.17) is 4.74 Å². The second-order valence-electron chi connectivity index (χ2n) is 3.94. The van der Waals surface area contributed by atoms with Crippen LogP contribution in [0.3, 0.4) is 0 Å². The molecule has 92 valence electrons. The number of methoxy groups -OCH3 is 1. The molecule has 1 aliphatic rings. The summed E-state index contributed by atoms with van der Waals surface area (Å²) in [6, 6.07) is 3.79. The van der Waals surface area contributed by atoms with E-state index in [9.17, 15) is 4.79 Å². The van der Waals surface area contributed by atoms with Crippen molar-refractivity contribution >= 4 is 17.3 Å². The lowest BCUT2D eigenvalue weighted by molar-refractivity contribution is 0.0600. The molecule has 0 radical (unpaired) electrons. The third-order valence-corrected chi connectivity index (χ3v) is 3.83. The smallest absolute Gasteiger partial charge is 0.339 e. The number of fused-ring (bicyclic) bond motifs is 3. The summed E-state index contributed by atoms with van der Waals surface area (Å²) < 4.78 is 10.3. The molecule has 3 rings (SSSR count). The van der Waals surface area contributed by atoms with Gasteiger partial charge in [0.15, 0.2) is 0 Å². The summed E-state index contributed by atoms with van der Waals surface area (Å²) in [6.07, 6.45) is 2.39. The maximum atomic E-state index is 11.5. The summed E-state index contributed by atoms with van der Waals surface area (Å²) in [7, 11) is 1.35. The molecule has 0 saturated heterocycles. The molecule has 0 amide bonds. The molecule has 0 fully saturated rings. The summed E-state index contributed by atoms with van der Waals surface area (Å²) >= 11 is 1.64. The van der Waals surface area contributed by atoms with Crippen LogP contribution in [-0.4, -0.2) is 24.7 Å². The first-order valence-corrected chi connectivity index (χ1v) is 6.45. The van der Waals surface area contributed by atoms with Gasteiger partial charge in [0.1, 0.15) is 11.4 Å². The highest BCUT2D eigenvalue weighted by Gasteiger charge is 2.20. The fraction of sp³-hybridized carbons (Fsp3) is 0.231. The van der Waals surface area contributed by atoms with Gasteiger partial charge in [-0.2, -0.15) is 0 Å². The lowest BCUT2D eigenvalue weighted by atomic mass is 10.1. The predicted molar refractivity (Wildman–Crippen MR) is 68.1 cm³/mol. The zero-order chi connectivity index (χ0) is 12.5. The number of carbonyl (C=O) groups excluding carboxylic acids is 1. The molecular formula is C13H11NO3S. The second-order valence-corrected chi connectivity index (χ2v) is 4.85. The van der Waals surface area contributed by atoms with Gasteiger partial charge < -0.3 is 9.47 Å². The zero-order valence-corrected chi connectivity index (χ0v) is 10.6. The first-order valence-electron chi connectivity index (χ1n) is 5.57. The van der Waals surface area contributed by atoms with E-state index in [1.54, 1.807) is 17.4 Å². The van der Waals surface area contributed by atoms with E-state index in [0.717, 1.165) is 17.0 Å². The quantitative estimate of drug-likeness (QED) is 0.740. The number of aromatic nitrogens is 1. The highest BCUT2D eigenvalue weighted by Crippen LogP contribution is 2.37. The second kappa shape index (κ2) is 4.42. The Hall–Kier alpha value is -1.88. The first kappa shape index (κ1) is 11.2. The molecule has 0 aromatic carbocycles. The van der Waals surface area contributed by atoms with Crippen LogP contribution in [0.2, 0.25) is 0 Å². The van der Waals surface area contributed by atoms with Crippen LogP contribution < -0.4 is 4.74 Å². The van der Waals surface area contributed by atoms with Crippen molar-refractivity contribution in [3.05, 3.63) is 34.8 Å². The minimum absolute atomic E-state index is 0.399. The molecule has 5 heteroatoms. The number of carbonyl (C=O) groups is 1. The third-order valence-electron chi connectivity index (χ3n) is 2.86. The zero-order valence-electron chi connectivity index (χ0n) is 9.80. The van der Waals surface area contributed by atoms with E-state index in [2.05, 4.69) is 21.2 Å². The summed E-state index contributed by atoms with van der Waals surface area (Å²) in [4.78, 5) is 16.9. The molecule has 4 nitrogen and oxygen atoms in total. The average molecular weight is 261 g/mol. The van der Waals surface area contributed by atoms with Crippen molar-refractivity contribution in [1.82, 2.24) is 4.98 Å². The Morgan fingerprint density at radius 1 is 1.56 bits per heavy atom. The Balaban J connectivity index is 2.11. The van der Waals surface area contributed by atoms with Gasteiger partial charge in [-0.3, -0.25) is 4.98 Å². The number of esters is 1. The van der Waals surface area contributed by atoms with Gasteiger partial charge >= 0.3 is 5.97 Å². The van der Waals surface area contributed by atoms with Crippen LogP contribution in [0.15, 0.2) is 23.7 Å². The number of hydrogen-bond acceptors (Lipinski definition) is 5. The monoisotopic (exact) mass is 261 g/mol. The maximum Gasteiger partial charge on any atom is 0.339 e. The minimum atomic E-state index is -0.399. The highest BCUT2D eigenvalue weighted by molar-refractivity contribution is 7.13. The molecule has 2 aromatic rings.